The molecule has 0 radical (unpaired) electrons. The Morgan fingerprint density at radius 3 is 0.902 bits per heavy atom. The van der Waals surface area contributed by atoms with E-state index in [0.29, 0.717) is 34.9 Å². The van der Waals surface area contributed by atoms with Crippen LogP contribution >= 0.6 is 0 Å². The van der Waals surface area contributed by atoms with Gasteiger partial charge in [0, 0.05) is 92.6 Å². The van der Waals surface area contributed by atoms with Crippen molar-refractivity contribution in [2.75, 3.05) is 0 Å². The molecule has 6 aromatic heterocycles. The van der Waals surface area contributed by atoms with Crippen molar-refractivity contribution in [2.24, 2.45) is 0 Å². The molecule has 28 aromatic rings. The molecule has 0 aliphatic heterocycles. The molecular formula is C122H74N10. The minimum absolute atomic E-state index is 0.626. The predicted molar refractivity (Wildman–Crippen MR) is 550 cm³/mol. The van der Waals surface area contributed by atoms with E-state index in [0.717, 1.165) is 116 Å². The number of hydrogen-bond acceptors (Lipinski definition) is 6. The van der Waals surface area contributed by atoms with Crippen molar-refractivity contribution in [1.29, 1.82) is 0 Å². The van der Waals surface area contributed by atoms with Gasteiger partial charge in [0.15, 0.2) is 34.9 Å². The average molecular weight is 1680 g/mol. The zero-order valence-corrected chi connectivity index (χ0v) is 71.2. The number of aromatic nitrogens is 10. The van der Waals surface area contributed by atoms with Crippen molar-refractivity contribution in [3.63, 3.8) is 0 Å². The molecule has 0 unspecified atom stereocenters. The molecule has 0 amide bonds. The summed E-state index contributed by atoms with van der Waals surface area (Å²) in [4.78, 5) is 31.8. The molecule has 0 aliphatic carbocycles. The van der Waals surface area contributed by atoms with Gasteiger partial charge in [-0.2, -0.15) is 0 Å². The van der Waals surface area contributed by atoms with Crippen LogP contribution in [-0.4, -0.2) is 48.2 Å². The topological polar surface area (TPSA) is 97.1 Å². The van der Waals surface area contributed by atoms with E-state index in [1.807, 2.05) is 36.4 Å². The van der Waals surface area contributed by atoms with E-state index in [9.17, 15) is 0 Å². The van der Waals surface area contributed by atoms with E-state index < -0.39 is 0 Å². The van der Waals surface area contributed by atoms with Crippen LogP contribution in [0.15, 0.2) is 449 Å². The monoisotopic (exact) mass is 1680 g/mol. The smallest absolute Gasteiger partial charge is 0.164 e. The molecule has 0 atom stereocenters. The maximum atomic E-state index is 5.39. The van der Waals surface area contributed by atoms with Gasteiger partial charge in [-0.15, -0.1) is 0 Å². The van der Waals surface area contributed by atoms with Gasteiger partial charge < -0.3 is 18.3 Å². The second-order valence-corrected chi connectivity index (χ2v) is 34.2. The first-order valence-electron chi connectivity index (χ1n) is 44.9. The first kappa shape index (κ1) is 74.4. The van der Waals surface area contributed by atoms with Gasteiger partial charge >= 0.3 is 0 Å². The lowest BCUT2D eigenvalue weighted by atomic mass is 9.96. The third kappa shape index (κ3) is 11.6. The van der Waals surface area contributed by atoms with E-state index >= 15 is 0 Å². The molecule has 10 heteroatoms. The fourth-order valence-electron chi connectivity index (χ4n) is 21.3. The van der Waals surface area contributed by atoms with Crippen LogP contribution in [0.25, 0.3) is 264 Å². The van der Waals surface area contributed by atoms with Gasteiger partial charge in [-0.3, -0.25) is 0 Å². The molecular weight excluding hydrogens is 1610 g/mol. The molecule has 22 aromatic carbocycles. The number of para-hydroxylation sites is 5. The molecule has 0 saturated carbocycles. The molecule has 28 rings (SSSR count). The molecule has 612 valence electrons. The Morgan fingerprint density at radius 2 is 0.439 bits per heavy atom. The van der Waals surface area contributed by atoms with E-state index in [-0.39, 0.29) is 0 Å². The molecule has 0 aliphatic rings. The lowest BCUT2D eigenvalue weighted by molar-refractivity contribution is 1.08. The first-order valence-corrected chi connectivity index (χ1v) is 44.9. The van der Waals surface area contributed by atoms with Crippen molar-refractivity contribution in [3.05, 3.63) is 449 Å². The van der Waals surface area contributed by atoms with Crippen LogP contribution in [0.1, 0.15) is 0 Å². The summed E-state index contributed by atoms with van der Waals surface area (Å²) in [6.07, 6.45) is 0. The molecule has 0 fully saturated rings. The third-order valence-corrected chi connectivity index (χ3v) is 27.0. The molecule has 6 heterocycles. The predicted octanol–water partition coefficient (Wildman–Crippen LogP) is 31.4. The second kappa shape index (κ2) is 29.9. The quantitative estimate of drug-likeness (QED) is 0.127. The van der Waals surface area contributed by atoms with Crippen LogP contribution < -0.4 is 0 Å². The highest BCUT2D eigenvalue weighted by atomic mass is 15.1. The van der Waals surface area contributed by atoms with Gasteiger partial charge in [0.2, 0.25) is 0 Å². The van der Waals surface area contributed by atoms with Crippen molar-refractivity contribution in [2.45, 2.75) is 0 Å². The Labute approximate surface area is 756 Å². The van der Waals surface area contributed by atoms with E-state index in [1.54, 1.807) is 0 Å². The van der Waals surface area contributed by atoms with Gasteiger partial charge in [-0.1, -0.05) is 352 Å². The lowest BCUT2D eigenvalue weighted by Gasteiger charge is -2.17. The minimum atomic E-state index is 0.626. The Balaban J connectivity index is 0.000000135. The summed E-state index contributed by atoms with van der Waals surface area (Å²) >= 11 is 0. The van der Waals surface area contributed by atoms with Gasteiger partial charge in [0.1, 0.15) is 0 Å². The fourth-order valence-corrected chi connectivity index (χ4v) is 21.3. The standard InChI is InChI=1S/2C61H37N5/c1-2-18-38(19-3-1)59-62-60(64-61(63-59)51-36-39-20-4-6-22-41(39)43-24-8-9-25-44(43)51)49-34-35-55(46-27-11-10-26-45(46)49)65-54-33-17-14-30-50(54)57-56(65)37-40-21-5-7-23-42(40)58(57)66-52-31-15-12-28-47(52)48-29-13-16-32-53(48)66;1-2-17-38(18-3-1)59-62-60(64-61(63-59)50-36-41-21-6-7-22-42(41)43-23-8-9-24-44(43)50)49-33-34-54(46-26-11-10-25-45(46)49)66-56-32-16-31-55(58(56)51-35-39-19-4-5-20-40(39)37-57(51)66)65-52-29-14-12-27-47(52)48-28-13-15-30-53(48)65/h2*1-37H. The zero-order valence-electron chi connectivity index (χ0n) is 71.2. The number of hydrogen-bond donors (Lipinski definition) is 0. The summed E-state index contributed by atoms with van der Waals surface area (Å²) in [5.74, 6) is 3.80. The number of fused-ring (bicyclic) bond motifs is 22. The van der Waals surface area contributed by atoms with E-state index in [2.05, 4.69) is 431 Å². The summed E-state index contributed by atoms with van der Waals surface area (Å²) < 4.78 is 9.88. The summed E-state index contributed by atoms with van der Waals surface area (Å²) in [7, 11) is 0. The SMILES string of the molecule is c1ccc(-c2nc(-c3ccc(-n4c5cc6ccccc6cc5c5c(-n6c7ccccc7c7ccccc76)cccc54)c4ccccc34)nc(-c3cc4ccccc4c4ccccc34)n2)cc1.c1ccc(-c2nc(-c3ccc(-n4c5ccccc5c5c(-n6c7ccccc7c7ccccc76)c6ccccc6cc54)c4ccccc34)nc(-c3cc4ccccc4c4ccccc34)n2)cc1. The summed E-state index contributed by atoms with van der Waals surface area (Å²) in [5.41, 5.74) is 19.5. The van der Waals surface area contributed by atoms with Gasteiger partial charge in [0.25, 0.3) is 0 Å². The molecule has 0 N–H and O–H groups in total. The lowest BCUT2D eigenvalue weighted by Crippen LogP contribution is -2.02. The summed E-state index contributed by atoms with van der Waals surface area (Å²) in [5, 5.41) is 28.1. The van der Waals surface area contributed by atoms with Crippen LogP contribution in [0, 0.1) is 0 Å². The van der Waals surface area contributed by atoms with Crippen molar-refractivity contribution in [1.82, 2.24) is 48.2 Å². The summed E-state index contributed by atoms with van der Waals surface area (Å²) in [6, 6.07) is 161. The molecule has 0 saturated heterocycles. The Bertz CT molecular complexity index is 9310. The van der Waals surface area contributed by atoms with Gasteiger partial charge in [-0.05, 0) is 167 Å². The van der Waals surface area contributed by atoms with Crippen molar-refractivity contribution < 1.29 is 0 Å². The highest BCUT2D eigenvalue weighted by molar-refractivity contribution is 6.25. The van der Waals surface area contributed by atoms with Crippen LogP contribution in [0.4, 0.5) is 0 Å². The molecule has 10 nitrogen and oxygen atoms in total. The third-order valence-electron chi connectivity index (χ3n) is 27.0. The van der Waals surface area contributed by atoms with Crippen LogP contribution in [0.5, 0.6) is 0 Å². The maximum Gasteiger partial charge on any atom is 0.164 e. The van der Waals surface area contributed by atoms with Gasteiger partial charge in [-0.25, -0.2) is 29.9 Å². The maximum absolute atomic E-state index is 5.39. The van der Waals surface area contributed by atoms with Crippen LogP contribution in [-0.2, 0) is 0 Å². The number of rotatable bonds is 10. The Hall–Kier alpha value is -17.9. The zero-order chi connectivity index (χ0) is 86.6. The normalized spacial score (nSPS) is 11.9. The minimum Gasteiger partial charge on any atom is -0.309 e. The number of nitrogens with zero attached hydrogens (tertiary/aromatic N) is 10. The van der Waals surface area contributed by atoms with Crippen LogP contribution in [0.2, 0.25) is 0 Å². The summed E-state index contributed by atoms with van der Waals surface area (Å²) in [6.45, 7) is 0. The highest BCUT2D eigenvalue weighted by Crippen LogP contribution is 2.49. The molecule has 0 bridgehead atoms. The average Bonchev–Trinajstić information content (AvgIpc) is 1.47. The largest absolute Gasteiger partial charge is 0.309 e. The van der Waals surface area contributed by atoms with Crippen molar-refractivity contribution >= 4 is 173 Å². The second-order valence-electron chi connectivity index (χ2n) is 34.2. The van der Waals surface area contributed by atoms with Crippen LogP contribution in [0.3, 0.4) is 0 Å². The van der Waals surface area contributed by atoms with Gasteiger partial charge in [0.05, 0.1) is 66.9 Å². The van der Waals surface area contributed by atoms with Crippen molar-refractivity contribution in [3.8, 4) is 91.1 Å². The Kier molecular flexibility index (Phi) is 16.9. The fraction of sp³-hybridized carbons (Fsp3) is 0. The van der Waals surface area contributed by atoms with E-state index in [1.165, 1.54) is 114 Å². The number of benzene rings is 22. The first-order chi connectivity index (χ1) is 65.5. The highest BCUT2D eigenvalue weighted by Gasteiger charge is 2.28. The van der Waals surface area contributed by atoms with E-state index in [4.69, 9.17) is 29.9 Å². The molecule has 0 spiro atoms. The Morgan fingerprint density at radius 1 is 0.136 bits per heavy atom. The molecule has 132 heavy (non-hydrogen) atoms.